The Morgan fingerprint density at radius 3 is 1.43 bits per heavy atom. The van der Waals surface area contributed by atoms with Crippen molar-refractivity contribution in [3.8, 4) is 11.5 Å². The van der Waals surface area contributed by atoms with Crippen molar-refractivity contribution in [3.63, 3.8) is 0 Å². The highest BCUT2D eigenvalue weighted by atomic mass is 16.3. The summed E-state index contributed by atoms with van der Waals surface area (Å²) in [6.07, 6.45) is 4.12. The van der Waals surface area contributed by atoms with Crippen LogP contribution in [-0.2, 0) is 10.8 Å². The Hall–Kier alpha value is -1.96. The fraction of sp³-hybridized carbons (Fsp3) is 0.538. The summed E-state index contributed by atoms with van der Waals surface area (Å²) in [4.78, 5) is 0. The van der Waals surface area contributed by atoms with Crippen molar-refractivity contribution in [1.29, 1.82) is 0 Å². The van der Waals surface area contributed by atoms with Crippen molar-refractivity contribution in [2.45, 2.75) is 90.9 Å². The summed E-state index contributed by atoms with van der Waals surface area (Å²) >= 11 is 0. The first kappa shape index (κ1) is 22.3. The maximum atomic E-state index is 10.2. The SMILES string of the molecule is CCCC(c1ccc(O)cc1C(C)(C)CC)c1ccc(O)cc1C(C)(C)CC. The maximum absolute atomic E-state index is 10.2. The zero-order chi connectivity index (χ0) is 21.1. The molecule has 154 valence electrons. The highest BCUT2D eigenvalue weighted by molar-refractivity contribution is 5.49. The van der Waals surface area contributed by atoms with Gasteiger partial charge in [-0.3, -0.25) is 0 Å². The van der Waals surface area contributed by atoms with Gasteiger partial charge in [0.25, 0.3) is 0 Å². The summed E-state index contributed by atoms with van der Waals surface area (Å²) in [7, 11) is 0. The van der Waals surface area contributed by atoms with Crippen LogP contribution < -0.4 is 0 Å². The van der Waals surface area contributed by atoms with Crippen LogP contribution in [0.15, 0.2) is 36.4 Å². The predicted octanol–water partition coefficient (Wildman–Crippen LogP) is 7.41. The zero-order valence-electron chi connectivity index (χ0n) is 18.8. The molecule has 0 amide bonds. The van der Waals surface area contributed by atoms with Crippen LogP contribution in [0.2, 0.25) is 0 Å². The van der Waals surface area contributed by atoms with Crippen LogP contribution in [-0.4, -0.2) is 10.2 Å². The van der Waals surface area contributed by atoms with Crippen molar-refractivity contribution in [2.75, 3.05) is 0 Å². The highest BCUT2D eigenvalue weighted by Crippen LogP contribution is 2.44. The molecule has 0 spiro atoms. The van der Waals surface area contributed by atoms with Crippen molar-refractivity contribution >= 4 is 0 Å². The molecule has 2 rings (SSSR count). The Bertz CT molecular complexity index is 737. The smallest absolute Gasteiger partial charge is 0.115 e. The Morgan fingerprint density at radius 1 is 0.714 bits per heavy atom. The molecule has 2 aromatic carbocycles. The van der Waals surface area contributed by atoms with Gasteiger partial charge in [-0.25, -0.2) is 0 Å². The van der Waals surface area contributed by atoms with Crippen LogP contribution in [0, 0.1) is 0 Å². The first-order chi connectivity index (χ1) is 13.1. The van der Waals surface area contributed by atoms with Gasteiger partial charge >= 0.3 is 0 Å². The largest absolute Gasteiger partial charge is 0.508 e. The lowest BCUT2D eigenvalue weighted by Crippen LogP contribution is -2.23. The zero-order valence-corrected chi connectivity index (χ0v) is 18.8. The van der Waals surface area contributed by atoms with Gasteiger partial charge in [0.1, 0.15) is 11.5 Å². The lowest BCUT2D eigenvalue weighted by molar-refractivity contribution is 0.455. The fourth-order valence-corrected chi connectivity index (χ4v) is 4.02. The maximum Gasteiger partial charge on any atom is 0.115 e. The minimum Gasteiger partial charge on any atom is -0.508 e. The minimum absolute atomic E-state index is 0.0164. The Balaban J connectivity index is 2.76. The third kappa shape index (κ3) is 4.54. The number of phenols is 2. The van der Waals surface area contributed by atoms with Crippen LogP contribution >= 0.6 is 0 Å². The van der Waals surface area contributed by atoms with E-state index < -0.39 is 0 Å². The first-order valence-electron chi connectivity index (χ1n) is 10.7. The monoisotopic (exact) mass is 382 g/mol. The van der Waals surface area contributed by atoms with E-state index >= 15 is 0 Å². The molecule has 0 bridgehead atoms. The van der Waals surface area contributed by atoms with Crippen LogP contribution in [0.1, 0.15) is 102 Å². The van der Waals surface area contributed by atoms with Gasteiger partial charge in [0.05, 0.1) is 0 Å². The fourth-order valence-electron chi connectivity index (χ4n) is 4.02. The number of aromatic hydroxyl groups is 2. The van der Waals surface area contributed by atoms with Gasteiger partial charge in [-0.1, -0.05) is 67.0 Å². The lowest BCUT2D eigenvalue weighted by Gasteiger charge is -2.34. The molecule has 28 heavy (non-hydrogen) atoms. The second-order valence-electron chi connectivity index (χ2n) is 9.36. The van der Waals surface area contributed by atoms with E-state index in [9.17, 15) is 10.2 Å². The molecule has 0 fully saturated rings. The summed E-state index contributed by atoms with van der Waals surface area (Å²) in [6, 6.07) is 11.8. The molecule has 0 aliphatic carbocycles. The van der Waals surface area contributed by atoms with Crippen LogP contribution in [0.4, 0.5) is 0 Å². The Kier molecular flexibility index (Phi) is 6.85. The molecule has 0 radical (unpaired) electrons. The van der Waals surface area contributed by atoms with Gasteiger partial charge in [-0.2, -0.15) is 0 Å². The average Bonchev–Trinajstić information content (AvgIpc) is 2.66. The van der Waals surface area contributed by atoms with Gasteiger partial charge in [0, 0.05) is 5.92 Å². The quantitative estimate of drug-likeness (QED) is 0.499. The minimum atomic E-state index is -0.0164. The van der Waals surface area contributed by atoms with Crippen LogP contribution in [0.3, 0.4) is 0 Å². The standard InChI is InChI=1S/C26H38O2/c1-8-11-20(21-14-12-18(27)16-23(21)25(4,5)9-2)22-15-13-19(28)17-24(22)26(6,7)10-3/h12-17,20,27-28H,8-11H2,1-7H3. The molecule has 2 aromatic rings. The molecule has 0 aliphatic heterocycles. The van der Waals surface area contributed by atoms with Crippen molar-refractivity contribution in [1.82, 2.24) is 0 Å². The Labute approximate surface area is 171 Å². The predicted molar refractivity (Wildman–Crippen MR) is 120 cm³/mol. The van der Waals surface area contributed by atoms with E-state index in [4.69, 9.17) is 0 Å². The molecule has 0 saturated heterocycles. The molecular formula is C26H38O2. The molecule has 0 aromatic heterocycles. The second kappa shape index (κ2) is 8.59. The highest BCUT2D eigenvalue weighted by Gasteiger charge is 2.30. The molecule has 0 aliphatic rings. The summed E-state index contributed by atoms with van der Waals surface area (Å²) < 4.78 is 0. The summed E-state index contributed by atoms with van der Waals surface area (Å²) in [5.74, 6) is 0.901. The molecule has 0 heterocycles. The van der Waals surface area contributed by atoms with Crippen LogP contribution in [0.5, 0.6) is 11.5 Å². The van der Waals surface area contributed by atoms with Gasteiger partial charge in [-0.05, 0) is 76.6 Å². The summed E-state index contributed by atoms with van der Waals surface area (Å²) in [5.41, 5.74) is 5.01. The van der Waals surface area contributed by atoms with E-state index in [1.54, 1.807) is 0 Å². The molecule has 2 N–H and O–H groups in total. The molecule has 0 unspecified atom stereocenters. The molecular weight excluding hydrogens is 344 g/mol. The number of rotatable bonds is 8. The van der Waals surface area contributed by atoms with E-state index in [0.29, 0.717) is 11.5 Å². The van der Waals surface area contributed by atoms with Gasteiger partial charge in [0.2, 0.25) is 0 Å². The first-order valence-corrected chi connectivity index (χ1v) is 10.7. The van der Waals surface area contributed by atoms with E-state index in [1.807, 2.05) is 24.3 Å². The third-order valence-corrected chi connectivity index (χ3v) is 6.63. The normalized spacial score (nSPS) is 12.6. The number of benzene rings is 2. The average molecular weight is 383 g/mol. The van der Waals surface area contributed by atoms with E-state index in [0.717, 1.165) is 25.7 Å². The van der Waals surface area contributed by atoms with Gasteiger partial charge in [-0.15, -0.1) is 0 Å². The molecule has 2 nitrogen and oxygen atoms in total. The van der Waals surface area contributed by atoms with Crippen molar-refractivity contribution in [2.24, 2.45) is 0 Å². The topological polar surface area (TPSA) is 40.5 Å². The molecule has 0 atom stereocenters. The van der Waals surface area contributed by atoms with E-state index in [2.05, 4.69) is 60.6 Å². The van der Waals surface area contributed by atoms with Crippen molar-refractivity contribution < 1.29 is 10.2 Å². The Morgan fingerprint density at radius 2 is 1.11 bits per heavy atom. The van der Waals surface area contributed by atoms with Gasteiger partial charge in [0.15, 0.2) is 0 Å². The third-order valence-electron chi connectivity index (χ3n) is 6.63. The lowest BCUT2D eigenvalue weighted by atomic mass is 9.71. The number of hydrogen-bond donors (Lipinski definition) is 2. The van der Waals surface area contributed by atoms with E-state index in [-0.39, 0.29) is 16.7 Å². The van der Waals surface area contributed by atoms with Crippen LogP contribution in [0.25, 0.3) is 0 Å². The van der Waals surface area contributed by atoms with Crippen molar-refractivity contribution in [3.05, 3.63) is 58.7 Å². The second-order valence-corrected chi connectivity index (χ2v) is 9.36. The number of hydrogen-bond acceptors (Lipinski definition) is 2. The molecule has 2 heteroatoms. The van der Waals surface area contributed by atoms with E-state index in [1.165, 1.54) is 22.3 Å². The summed E-state index contributed by atoms with van der Waals surface area (Å²) in [6.45, 7) is 15.6. The van der Waals surface area contributed by atoms with Gasteiger partial charge < -0.3 is 10.2 Å². The molecule has 0 saturated carbocycles. The summed E-state index contributed by atoms with van der Waals surface area (Å²) in [5, 5.41) is 20.4. The number of phenolic OH excluding ortho intramolecular Hbond substituents is 2.